The van der Waals surface area contributed by atoms with Crippen LogP contribution < -0.4 is 5.32 Å². The molecule has 3 nitrogen and oxygen atoms in total. The van der Waals surface area contributed by atoms with Crippen LogP contribution in [0.2, 0.25) is 0 Å². The van der Waals surface area contributed by atoms with Crippen molar-refractivity contribution >= 4 is 6.03 Å². The third kappa shape index (κ3) is 3.72. The molecule has 0 unspecified atom stereocenters. The van der Waals surface area contributed by atoms with Gasteiger partial charge in [-0.25, -0.2) is 4.79 Å². The van der Waals surface area contributed by atoms with E-state index in [1.54, 1.807) is 19.0 Å². The lowest BCUT2D eigenvalue weighted by Gasteiger charge is -2.22. The van der Waals surface area contributed by atoms with Gasteiger partial charge in [-0.05, 0) is 32.1 Å². The average Bonchev–Trinajstić information content (AvgIpc) is 2.26. The van der Waals surface area contributed by atoms with Crippen LogP contribution in [0.25, 0.3) is 0 Å². The summed E-state index contributed by atoms with van der Waals surface area (Å²) in [5.41, 5.74) is 2.61. The number of nitrogens with one attached hydrogen (secondary N) is 1. The second-order valence-electron chi connectivity index (χ2n) is 4.73. The van der Waals surface area contributed by atoms with Gasteiger partial charge in [0.15, 0.2) is 0 Å². The van der Waals surface area contributed by atoms with Gasteiger partial charge in [-0.15, -0.1) is 0 Å². The summed E-state index contributed by atoms with van der Waals surface area (Å²) in [6.45, 7) is 6.77. The number of carbonyl (C=O) groups excluding carboxylic acids is 1. The maximum absolute atomic E-state index is 11.3. The number of rotatable bonds is 3. The van der Waals surface area contributed by atoms with Crippen molar-refractivity contribution in [3.8, 4) is 0 Å². The number of hydrogen-bond acceptors (Lipinski definition) is 1. The minimum Gasteiger partial charge on any atom is -0.334 e. The van der Waals surface area contributed by atoms with E-state index in [2.05, 4.69) is 24.9 Å². The van der Waals surface area contributed by atoms with Crippen molar-refractivity contribution in [2.75, 3.05) is 20.6 Å². The molecule has 2 amide bonds. The smallest absolute Gasteiger partial charge is 0.317 e. The fourth-order valence-electron chi connectivity index (χ4n) is 1.84. The quantitative estimate of drug-likeness (QED) is 0.731. The fraction of sp³-hybridized carbons (Fsp3) is 0.615. The lowest BCUT2D eigenvalue weighted by Crippen LogP contribution is -2.35. The van der Waals surface area contributed by atoms with Crippen LogP contribution in [0.3, 0.4) is 0 Å². The van der Waals surface area contributed by atoms with E-state index >= 15 is 0 Å². The molecule has 0 spiro atoms. The van der Waals surface area contributed by atoms with Gasteiger partial charge in [-0.3, -0.25) is 0 Å². The molecule has 1 aliphatic rings. The average molecular weight is 222 g/mol. The molecule has 3 heteroatoms. The molecule has 0 aromatic rings. The first-order valence-corrected chi connectivity index (χ1v) is 5.79. The second kappa shape index (κ2) is 5.73. The number of hydrogen-bond donors (Lipinski definition) is 1. The molecule has 0 aromatic carbocycles. The van der Waals surface area contributed by atoms with Crippen LogP contribution in [0.15, 0.2) is 23.8 Å². The highest BCUT2D eigenvalue weighted by atomic mass is 16.2. The largest absolute Gasteiger partial charge is 0.334 e. The van der Waals surface area contributed by atoms with Gasteiger partial charge < -0.3 is 10.2 Å². The molecule has 1 N–H and O–H groups in total. The van der Waals surface area contributed by atoms with Gasteiger partial charge >= 0.3 is 6.03 Å². The Morgan fingerprint density at radius 2 is 2.31 bits per heavy atom. The lowest BCUT2D eigenvalue weighted by atomic mass is 9.85. The Bertz CT molecular complexity index is 305. The Balaban J connectivity index is 2.35. The molecule has 0 aliphatic heterocycles. The van der Waals surface area contributed by atoms with Gasteiger partial charge in [-0.1, -0.05) is 23.8 Å². The maximum Gasteiger partial charge on any atom is 0.317 e. The monoisotopic (exact) mass is 222 g/mol. The summed E-state index contributed by atoms with van der Waals surface area (Å²) in [7, 11) is 3.50. The molecular formula is C13H22N2O. The van der Waals surface area contributed by atoms with Crippen molar-refractivity contribution < 1.29 is 4.79 Å². The third-order valence-corrected chi connectivity index (χ3v) is 3.07. The molecule has 1 rings (SSSR count). The van der Waals surface area contributed by atoms with Crippen molar-refractivity contribution in [1.29, 1.82) is 0 Å². The highest BCUT2D eigenvalue weighted by Crippen LogP contribution is 2.27. The molecule has 90 valence electrons. The Labute approximate surface area is 98.2 Å². The Morgan fingerprint density at radius 3 is 2.75 bits per heavy atom. The van der Waals surface area contributed by atoms with E-state index in [4.69, 9.17) is 0 Å². The SMILES string of the molecule is C=C(C)[C@H]1CC=C(CNC(=O)N(C)C)CC1. The highest BCUT2D eigenvalue weighted by molar-refractivity contribution is 5.73. The normalized spacial score (nSPS) is 19.9. The summed E-state index contributed by atoms with van der Waals surface area (Å²) in [6.07, 6.45) is 5.56. The van der Waals surface area contributed by atoms with Gasteiger partial charge in [0, 0.05) is 20.6 Å². The summed E-state index contributed by atoms with van der Waals surface area (Å²) in [5, 5.41) is 2.89. The van der Waals surface area contributed by atoms with E-state index in [0.717, 1.165) is 12.8 Å². The first-order valence-electron chi connectivity index (χ1n) is 5.79. The molecule has 0 aromatic heterocycles. The Morgan fingerprint density at radius 1 is 1.62 bits per heavy atom. The molecule has 0 saturated heterocycles. The molecule has 1 aliphatic carbocycles. The Hall–Kier alpha value is -1.25. The van der Waals surface area contributed by atoms with Gasteiger partial charge in [0.2, 0.25) is 0 Å². The predicted octanol–water partition coefficient (Wildman–Crippen LogP) is 2.56. The predicted molar refractivity (Wildman–Crippen MR) is 67.3 cm³/mol. The summed E-state index contributed by atoms with van der Waals surface area (Å²) in [4.78, 5) is 12.9. The first-order chi connectivity index (χ1) is 7.50. The summed E-state index contributed by atoms with van der Waals surface area (Å²) < 4.78 is 0. The van der Waals surface area contributed by atoms with Crippen LogP contribution in [0.5, 0.6) is 0 Å². The molecular weight excluding hydrogens is 200 g/mol. The zero-order chi connectivity index (χ0) is 12.1. The van der Waals surface area contributed by atoms with Gasteiger partial charge in [0.05, 0.1) is 0 Å². The van der Waals surface area contributed by atoms with Crippen LogP contribution in [-0.2, 0) is 0 Å². The zero-order valence-electron chi connectivity index (χ0n) is 10.5. The van der Waals surface area contributed by atoms with Crippen molar-refractivity contribution in [3.63, 3.8) is 0 Å². The standard InChI is InChI=1S/C13H22N2O/c1-10(2)12-7-5-11(6-8-12)9-14-13(16)15(3)4/h5,12H,1,6-9H2,2-4H3,(H,14,16)/t12-/m0/s1. The Kier molecular flexibility index (Phi) is 4.59. The van der Waals surface area contributed by atoms with Crippen LogP contribution >= 0.6 is 0 Å². The minimum absolute atomic E-state index is 0.0251. The summed E-state index contributed by atoms with van der Waals surface area (Å²) >= 11 is 0. The number of amides is 2. The van der Waals surface area contributed by atoms with E-state index in [0.29, 0.717) is 12.5 Å². The zero-order valence-corrected chi connectivity index (χ0v) is 10.5. The minimum atomic E-state index is -0.0251. The van der Waals surface area contributed by atoms with Crippen molar-refractivity contribution in [3.05, 3.63) is 23.8 Å². The summed E-state index contributed by atoms with van der Waals surface area (Å²) in [5.74, 6) is 0.633. The highest BCUT2D eigenvalue weighted by Gasteiger charge is 2.15. The third-order valence-electron chi connectivity index (χ3n) is 3.07. The van der Waals surface area contributed by atoms with E-state index in [1.807, 2.05) is 0 Å². The fourth-order valence-corrected chi connectivity index (χ4v) is 1.84. The van der Waals surface area contributed by atoms with Crippen molar-refractivity contribution in [2.45, 2.75) is 26.2 Å². The topological polar surface area (TPSA) is 32.3 Å². The maximum atomic E-state index is 11.3. The van der Waals surface area contributed by atoms with Gasteiger partial charge in [0.25, 0.3) is 0 Å². The van der Waals surface area contributed by atoms with E-state index in [9.17, 15) is 4.79 Å². The molecule has 0 bridgehead atoms. The van der Waals surface area contributed by atoms with Crippen LogP contribution in [0.4, 0.5) is 4.79 Å². The number of urea groups is 1. The summed E-state index contributed by atoms with van der Waals surface area (Å²) in [6, 6.07) is -0.0251. The van der Waals surface area contributed by atoms with Gasteiger partial charge in [0.1, 0.15) is 0 Å². The van der Waals surface area contributed by atoms with Crippen molar-refractivity contribution in [1.82, 2.24) is 10.2 Å². The van der Waals surface area contributed by atoms with Crippen LogP contribution in [-0.4, -0.2) is 31.6 Å². The first kappa shape index (κ1) is 12.8. The van der Waals surface area contributed by atoms with E-state index < -0.39 is 0 Å². The van der Waals surface area contributed by atoms with E-state index in [1.165, 1.54) is 17.6 Å². The number of allylic oxidation sites excluding steroid dienone is 2. The van der Waals surface area contributed by atoms with E-state index in [-0.39, 0.29) is 6.03 Å². The second-order valence-corrected chi connectivity index (χ2v) is 4.73. The van der Waals surface area contributed by atoms with Crippen LogP contribution in [0.1, 0.15) is 26.2 Å². The molecule has 0 fully saturated rings. The molecule has 0 radical (unpaired) electrons. The lowest BCUT2D eigenvalue weighted by molar-refractivity contribution is 0.218. The molecule has 0 heterocycles. The number of carbonyl (C=O) groups is 1. The molecule has 0 saturated carbocycles. The van der Waals surface area contributed by atoms with Crippen LogP contribution in [0, 0.1) is 5.92 Å². The number of nitrogens with zero attached hydrogens (tertiary/aromatic N) is 1. The molecule has 1 atom stereocenters. The molecule has 16 heavy (non-hydrogen) atoms. The van der Waals surface area contributed by atoms with Gasteiger partial charge in [-0.2, -0.15) is 0 Å². The van der Waals surface area contributed by atoms with Crippen molar-refractivity contribution in [2.24, 2.45) is 5.92 Å².